The first kappa shape index (κ1) is 25.1. The van der Waals surface area contributed by atoms with Crippen LogP contribution in [0.15, 0.2) is 54.6 Å². The van der Waals surface area contributed by atoms with Gasteiger partial charge >= 0.3 is 0 Å². The van der Waals surface area contributed by atoms with Gasteiger partial charge in [-0.3, -0.25) is 4.79 Å². The van der Waals surface area contributed by atoms with E-state index in [0.717, 1.165) is 40.9 Å². The van der Waals surface area contributed by atoms with Crippen molar-refractivity contribution in [3.8, 4) is 16.8 Å². The van der Waals surface area contributed by atoms with Crippen LogP contribution in [0.5, 0.6) is 0 Å². The summed E-state index contributed by atoms with van der Waals surface area (Å²) >= 11 is 0. The molecule has 2 aromatic carbocycles. The normalized spacial score (nSPS) is 13.8. The Morgan fingerprint density at radius 2 is 1.75 bits per heavy atom. The molecule has 0 saturated carbocycles. The first-order chi connectivity index (χ1) is 17.5. The summed E-state index contributed by atoms with van der Waals surface area (Å²) in [5.41, 5.74) is 17.6. The second kappa shape index (κ2) is 10.7. The van der Waals surface area contributed by atoms with Crippen molar-refractivity contribution >= 4 is 29.0 Å². The summed E-state index contributed by atoms with van der Waals surface area (Å²) in [6, 6.07) is 15.3. The average Bonchev–Trinajstić information content (AvgIpc) is 3.24. The molecule has 1 fully saturated rings. The molecule has 5 N–H and O–H groups in total. The third-order valence-electron chi connectivity index (χ3n) is 6.34. The zero-order valence-corrected chi connectivity index (χ0v) is 20.4. The van der Waals surface area contributed by atoms with Crippen molar-refractivity contribution in [3.63, 3.8) is 0 Å². The number of primary amides is 1. The van der Waals surface area contributed by atoms with Gasteiger partial charge in [0.05, 0.1) is 11.0 Å². The topological polar surface area (TPSA) is 120 Å². The predicted octanol–water partition coefficient (Wildman–Crippen LogP) is 5.43. The monoisotopic (exact) mass is 487 g/mol. The summed E-state index contributed by atoms with van der Waals surface area (Å²) in [4.78, 5) is 16.3. The third-order valence-corrected chi connectivity index (χ3v) is 6.34. The maximum atomic E-state index is 13.8. The number of nitrogens with zero attached hydrogens (tertiary/aromatic N) is 2. The summed E-state index contributed by atoms with van der Waals surface area (Å²) in [5.74, 6) is -0.406. The van der Waals surface area contributed by atoms with E-state index in [0.29, 0.717) is 29.9 Å². The lowest BCUT2D eigenvalue weighted by Crippen LogP contribution is -2.17. The molecule has 7 nitrogen and oxygen atoms in total. The number of hydrogen-bond acceptors (Lipinski definition) is 5. The van der Waals surface area contributed by atoms with Crippen molar-refractivity contribution < 1.29 is 13.9 Å². The highest BCUT2D eigenvalue weighted by molar-refractivity contribution is 6.01. The average molecular weight is 488 g/mol. The Balaban J connectivity index is 0.00000148. The molecule has 4 aromatic rings. The Labute approximate surface area is 209 Å². The number of carbonyl (C=O) groups is 1. The number of benzene rings is 2. The number of aromatic nitrogens is 2. The van der Waals surface area contributed by atoms with E-state index in [1.807, 2.05) is 32.0 Å². The van der Waals surface area contributed by atoms with E-state index in [9.17, 15) is 9.18 Å². The highest BCUT2D eigenvalue weighted by Crippen LogP contribution is 2.43. The number of pyridine rings is 1. The SMILES string of the molecule is CC.N=Cc1cc2c(nc1N)c(-c1ccc(C(N)=O)cc1)c(C1CCOCC1)n2-c1ccc(F)cc1. The largest absolute Gasteiger partial charge is 0.383 e. The molecule has 0 aliphatic carbocycles. The molecule has 186 valence electrons. The van der Waals surface area contributed by atoms with Crippen molar-refractivity contribution in [2.75, 3.05) is 18.9 Å². The summed E-state index contributed by atoms with van der Waals surface area (Å²) in [6.45, 7) is 5.27. The van der Waals surface area contributed by atoms with Crippen LogP contribution in [0, 0.1) is 11.2 Å². The van der Waals surface area contributed by atoms with Gasteiger partial charge in [0.25, 0.3) is 0 Å². The fourth-order valence-corrected chi connectivity index (χ4v) is 4.68. The molecule has 2 aromatic heterocycles. The molecule has 1 saturated heterocycles. The minimum Gasteiger partial charge on any atom is -0.383 e. The maximum Gasteiger partial charge on any atom is 0.248 e. The molecule has 0 bridgehead atoms. The van der Waals surface area contributed by atoms with Crippen LogP contribution in [0.25, 0.3) is 27.8 Å². The molecule has 0 atom stereocenters. The first-order valence-corrected chi connectivity index (χ1v) is 12.1. The number of nitrogens with one attached hydrogen (secondary N) is 1. The van der Waals surface area contributed by atoms with Gasteiger partial charge in [-0.2, -0.15) is 0 Å². The van der Waals surface area contributed by atoms with E-state index in [4.69, 9.17) is 26.6 Å². The van der Waals surface area contributed by atoms with Crippen molar-refractivity contribution in [1.82, 2.24) is 9.55 Å². The summed E-state index contributed by atoms with van der Waals surface area (Å²) < 4.78 is 21.5. The van der Waals surface area contributed by atoms with Gasteiger partial charge in [-0.05, 0) is 60.9 Å². The van der Waals surface area contributed by atoms with Crippen LogP contribution in [0.2, 0.25) is 0 Å². The van der Waals surface area contributed by atoms with Crippen LogP contribution in [0.3, 0.4) is 0 Å². The molecule has 0 radical (unpaired) electrons. The van der Waals surface area contributed by atoms with Gasteiger partial charge in [-0.25, -0.2) is 9.37 Å². The lowest BCUT2D eigenvalue weighted by molar-refractivity contribution is 0.0843. The smallest absolute Gasteiger partial charge is 0.248 e. The first-order valence-electron chi connectivity index (χ1n) is 12.1. The minimum absolute atomic E-state index is 0.156. The molecule has 1 aliphatic heterocycles. The van der Waals surface area contributed by atoms with Gasteiger partial charge < -0.3 is 26.2 Å². The molecule has 0 spiro atoms. The summed E-state index contributed by atoms with van der Waals surface area (Å²) in [6.07, 6.45) is 2.81. The fourth-order valence-electron chi connectivity index (χ4n) is 4.68. The lowest BCUT2D eigenvalue weighted by Gasteiger charge is -2.25. The second-order valence-corrected chi connectivity index (χ2v) is 8.38. The van der Waals surface area contributed by atoms with Gasteiger partial charge in [-0.1, -0.05) is 26.0 Å². The number of hydrogen-bond donors (Lipinski definition) is 3. The zero-order valence-electron chi connectivity index (χ0n) is 20.4. The van der Waals surface area contributed by atoms with Gasteiger partial charge in [0.1, 0.15) is 11.6 Å². The Bertz CT molecular complexity index is 1390. The number of nitrogen functional groups attached to an aromatic ring is 1. The highest BCUT2D eigenvalue weighted by Gasteiger charge is 2.29. The minimum atomic E-state index is -0.497. The fraction of sp³-hybridized carbons (Fsp3) is 0.250. The van der Waals surface area contributed by atoms with Gasteiger partial charge in [0, 0.05) is 53.4 Å². The molecule has 36 heavy (non-hydrogen) atoms. The van der Waals surface area contributed by atoms with E-state index >= 15 is 0 Å². The number of ether oxygens (including phenoxy) is 1. The molecule has 1 aliphatic rings. The van der Waals surface area contributed by atoms with Crippen molar-refractivity contribution in [3.05, 3.63) is 77.2 Å². The van der Waals surface area contributed by atoms with Crippen molar-refractivity contribution in [1.29, 1.82) is 5.41 Å². The summed E-state index contributed by atoms with van der Waals surface area (Å²) in [7, 11) is 0. The Morgan fingerprint density at radius 3 is 2.33 bits per heavy atom. The molecule has 0 unspecified atom stereocenters. The van der Waals surface area contributed by atoms with Crippen molar-refractivity contribution in [2.24, 2.45) is 5.73 Å². The van der Waals surface area contributed by atoms with Crippen LogP contribution in [0.1, 0.15) is 54.2 Å². The molecular formula is C28H30FN5O2. The van der Waals surface area contributed by atoms with Crippen LogP contribution in [-0.4, -0.2) is 34.9 Å². The van der Waals surface area contributed by atoms with Crippen LogP contribution < -0.4 is 11.5 Å². The van der Waals surface area contributed by atoms with E-state index in [1.165, 1.54) is 18.3 Å². The highest BCUT2D eigenvalue weighted by atomic mass is 19.1. The van der Waals surface area contributed by atoms with Crippen LogP contribution >= 0.6 is 0 Å². The van der Waals surface area contributed by atoms with Gasteiger partial charge in [-0.15, -0.1) is 0 Å². The number of nitrogens with two attached hydrogens (primary N) is 2. The van der Waals surface area contributed by atoms with E-state index in [2.05, 4.69) is 4.57 Å². The Morgan fingerprint density at radius 1 is 1.11 bits per heavy atom. The lowest BCUT2D eigenvalue weighted by atomic mass is 9.90. The second-order valence-electron chi connectivity index (χ2n) is 8.38. The Hall–Kier alpha value is -4.04. The standard InChI is InChI=1S/C26H24FN5O2.C2H6/c27-19-5-7-20(8-6-19)32-21-13-18(14-28)25(29)31-23(21)22(24(32)16-9-11-34-12-10-16)15-1-3-17(4-2-15)26(30)33;1-2/h1-8,13-14,16,28H,9-12H2,(H2,29,31)(H2,30,33);1-2H3. The number of anilines is 1. The maximum absolute atomic E-state index is 13.8. The number of halogens is 1. The van der Waals surface area contributed by atoms with Crippen molar-refractivity contribution in [2.45, 2.75) is 32.6 Å². The number of fused-ring (bicyclic) bond motifs is 1. The quantitative estimate of drug-likeness (QED) is 0.325. The number of carbonyl (C=O) groups excluding carboxylic acids is 1. The van der Waals surface area contributed by atoms with E-state index < -0.39 is 5.91 Å². The van der Waals surface area contributed by atoms with Gasteiger partial charge in [0.15, 0.2) is 0 Å². The molecule has 3 heterocycles. The van der Waals surface area contributed by atoms with E-state index in [-0.39, 0.29) is 17.6 Å². The molecular weight excluding hydrogens is 457 g/mol. The van der Waals surface area contributed by atoms with Crippen LogP contribution in [-0.2, 0) is 4.74 Å². The van der Waals surface area contributed by atoms with Gasteiger partial charge in [0.2, 0.25) is 5.91 Å². The summed E-state index contributed by atoms with van der Waals surface area (Å²) in [5, 5.41) is 7.78. The van der Waals surface area contributed by atoms with Crippen LogP contribution in [0.4, 0.5) is 10.2 Å². The van der Waals surface area contributed by atoms with E-state index in [1.54, 1.807) is 24.3 Å². The third kappa shape index (κ3) is 4.59. The molecule has 1 amide bonds. The Kier molecular flexibility index (Phi) is 7.45. The zero-order chi connectivity index (χ0) is 25.8. The number of amides is 1. The number of rotatable bonds is 5. The molecule has 8 heteroatoms. The predicted molar refractivity (Wildman–Crippen MR) is 141 cm³/mol. The molecule has 5 rings (SSSR count).